The maximum atomic E-state index is 13.0. The van der Waals surface area contributed by atoms with Crippen molar-refractivity contribution in [1.29, 1.82) is 0 Å². The van der Waals surface area contributed by atoms with E-state index >= 15 is 0 Å². The first-order valence-electron chi connectivity index (χ1n) is 9.68. The zero-order chi connectivity index (χ0) is 20.5. The van der Waals surface area contributed by atoms with E-state index < -0.39 is 12.1 Å². The van der Waals surface area contributed by atoms with Crippen LogP contribution in [0, 0.1) is 6.92 Å². The molecule has 2 heterocycles. The predicted octanol–water partition coefficient (Wildman–Crippen LogP) is 3.70. The highest BCUT2D eigenvalue weighted by Gasteiger charge is 2.34. The van der Waals surface area contributed by atoms with Crippen molar-refractivity contribution < 1.29 is 14.3 Å². The van der Waals surface area contributed by atoms with E-state index in [0.717, 1.165) is 29.1 Å². The van der Waals surface area contributed by atoms with E-state index in [2.05, 4.69) is 5.10 Å². The van der Waals surface area contributed by atoms with Crippen LogP contribution in [-0.4, -0.2) is 33.8 Å². The molecule has 148 valence electrons. The van der Waals surface area contributed by atoms with Crippen molar-refractivity contribution in [3.8, 4) is 5.69 Å². The quantitative estimate of drug-likeness (QED) is 0.638. The number of rotatable bonds is 4. The zero-order valence-corrected chi connectivity index (χ0v) is 16.7. The van der Waals surface area contributed by atoms with Gasteiger partial charge < -0.3 is 9.64 Å². The number of esters is 1. The molecule has 2 atom stereocenters. The van der Waals surface area contributed by atoms with E-state index in [4.69, 9.17) is 4.74 Å². The van der Waals surface area contributed by atoms with Gasteiger partial charge in [-0.1, -0.05) is 18.2 Å². The Hall–Kier alpha value is -3.41. The molecule has 0 bridgehead atoms. The Morgan fingerprint density at radius 3 is 2.52 bits per heavy atom. The number of nitrogens with zero attached hydrogens (tertiary/aromatic N) is 3. The summed E-state index contributed by atoms with van der Waals surface area (Å²) >= 11 is 0. The molecule has 0 saturated heterocycles. The van der Waals surface area contributed by atoms with Crippen LogP contribution in [0.3, 0.4) is 0 Å². The molecule has 0 radical (unpaired) electrons. The van der Waals surface area contributed by atoms with Crippen molar-refractivity contribution in [3.63, 3.8) is 0 Å². The molecule has 0 unspecified atom stereocenters. The maximum Gasteiger partial charge on any atom is 0.338 e. The van der Waals surface area contributed by atoms with Gasteiger partial charge in [-0.15, -0.1) is 0 Å². The molecular formula is C23H23N3O3. The monoisotopic (exact) mass is 389 g/mol. The van der Waals surface area contributed by atoms with Gasteiger partial charge in [-0.3, -0.25) is 4.79 Å². The Bertz CT molecular complexity index is 1060. The summed E-state index contributed by atoms with van der Waals surface area (Å²) in [5.41, 5.74) is 4.28. The Labute approximate surface area is 169 Å². The highest BCUT2D eigenvalue weighted by atomic mass is 16.5. The highest BCUT2D eigenvalue weighted by molar-refractivity contribution is 6.00. The number of fused-ring (bicyclic) bond motifs is 1. The molecule has 6 nitrogen and oxygen atoms in total. The average molecular weight is 389 g/mol. The number of benzene rings is 2. The van der Waals surface area contributed by atoms with E-state index in [1.165, 1.54) is 0 Å². The van der Waals surface area contributed by atoms with Gasteiger partial charge in [0.2, 0.25) is 0 Å². The van der Waals surface area contributed by atoms with Gasteiger partial charge in [-0.25, -0.2) is 9.48 Å². The van der Waals surface area contributed by atoms with Crippen LogP contribution >= 0.6 is 0 Å². The SMILES string of the molecule is Cc1ccnn1-c1ccc(C(=O)O[C@H](C)C(=O)N2c3ccccc3C[C@H]2C)cc1. The van der Waals surface area contributed by atoms with Crippen LogP contribution in [0.5, 0.6) is 0 Å². The van der Waals surface area contributed by atoms with Crippen LogP contribution in [0.15, 0.2) is 60.8 Å². The third kappa shape index (κ3) is 3.53. The Balaban J connectivity index is 1.46. The molecule has 1 aromatic heterocycles. The van der Waals surface area contributed by atoms with Crippen LogP contribution in [0.1, 0.15) is 35.5 Å². The number of hydrogen-bond acceptors (Lipinski definition) is 4. The van der Waals surface area contributed by atoms with Crippen molar-refractivity contribution >= 4 is 17.6 Å². The van der Waals surface area contributed by atoms with Gasteiger partial charge >= 0.3 is 5.97 Å². The number of anilines is 1. The topological polar surface area (TPSA) is 64.4 Å². The van der Waals surface area contributed by atoms with E-state index in [0.29, 0.717) is 5.56 Å². The minimum atomic E-state index is -0.871. The van der Waals surface area contributed by atoms with E-state index in [1.54, 1.807) is 34.8 Å². The molecule has 1 amide bonds. The summed E-state index contributed by atoms with van der Waals surface area (Å²) < 4.78 is 7.26. The number of hydrogen-bond donors (Lipinski definition) is 0. The largest absolute Gasteiger partial charge is 0.449 e. The van der Waals surface area contributed by atoms with Crippen molar-refractivity contribution in [3.05, 3.63) is 77.6 Å². The molecule has 29 heavy (non-hydrogen) atoms. The molecule has 0 saturated carbocycles. The van der Waals surface area contributed by atoms with Gasteiger partial charge in [0.05, 0.1) is 11.3 Å². The zero-order valence-electron chi connectivity index (χ0n) is 16.7. The summed E-state index contributed by atoms with van der Waals surface area (Å²) in [5.74, 6) is -0.727. The fourth-order valence-electron chi connectivity index (χ4n) is 3.75. The predicted molar refractivity (Wildman–Crippen MR) is 110 cm³/mol. The number of aryl methyl sites for hydroxylation is 1. The van der Waals surface area contributed by atoms with Gasteiger partial charge in [0.15, 0.2) is 6.10 Å². The second kappa shape index (κ2) is 7.54. The maximum absolute atomic E-state index is 13.0. The number of carbonyl (C=O) groups is 2. The summed E-state index contributed by atoms with van der Waals surface area (Å²) in [6.07, 6.45) is 1.66. The summed E-state index contributed by atoms with van der Waals surface area (Å²) in [7, 11) is 0. The molecule has 1 aliphatic rings. The number of carbonyl (C=O) groups excluding carboxylic acids is 2. The van der Waals surface area contributed by atoms with Crippen molar-refractivity contribution in [1.82, 2.24) is 9.78 Å². The normalized spacial score (nSPS) is 16.4. The average Bonchev–Trinajstić information content (AvgIpc) is 3.29. The third-order valence-electron chi connectivity index (χ3n) is 5.26. The second-order valence-corrected chi connectivity index (χ2v) is 7.37. The Kier molecular flexibility index (Phi) is 4.92. The Morgan fingerprint density at radius 1 is 1.10 bits per heavy atom. The fourth-order valence-corrected chi connectivity index (χ4v) is 3.75. The van der Waals surface area contributed by atoms with Crippen LogP contribution < -0.4 is 4.90 Å². The first-order valence-corrected chi connectivity index (χ1v) is 9.68. The van der Waals surface area contributed by atoms with Gasteiger partial charge in [0.1, 0.15) is 0 Å². The summed E-state index contributed by atoms with van der Waals surface area (Å²) in [6.45, 7) is 5.58. The molecule has 0 aliphatic carbocycles. The van der Waals surface area contributed by atoms with E-state index in [-0.39, 0.29) is 11.9 Å². The molecule has 0 N–H and O–H groups in total. The highest BCUT2D eigenvalue weighted by Crippen LogP contribution is 2.32. The minimum Gasteiger partial charge on any atom is -0.449 e. The third-order valence-corrected chi connectivity index (χ3v) is 5.26. The molecule has 4 rings (SSSR count). The second-order valence-electron chi connectivity index (χ2n) is 7.37. The van der Waals surface area contributed by atoms with Crippen LogP contribution in [0.4, 0.5) is 5.69 Å². The Morgan fingerprint density at radius 2 is 1.83 bits per heavy atom. The molecule has 6 heteroatoms. The summed E-state index contributed by atoms with van der Waals surface area (Å²) in [6, 6.07) is 16.8. The lowest BCUT2D eigenvalue weighted by Crippen LogP contribution is -2.43. The minimum absolute atomic E-state index is 0.0395. The fraction of sp³-hybridized carbons (Fsp3) is 0.261. The summed E-state index contributed by atoms with van der Waals surface area (Å²) in [4.78, 5) is 27.3. The molecule has 0 fully saturated rings. The lowest BCUT2D eigenvalue weighted by molar-refractivity contribution is -0.126. The number of aromatic nitrogens is 2. The van der Waals surface area contributed by atoms with Gasteiger partial charge in [0, 0.05) is 23.6 Å². The standard InChI is InChI=1S/C23H23N3O3/c1-15-12-13-24-26(15)20-10-8-18(9-11-20)23(28)29-17(3)22(27)25-16(2)14-19-6-4-5-7-21(19)25/h4-13,16-17H,14H2,1-3H3/t16-,17-/m1/s1. The van der Waals surface area contributed by atoms with Crippen molar-refractivity contribution in [2.24, 2.45) is 0 Å². The molecule has 3 aromatic rings. The van der Waals surface area contributed by atoms with Crippen molar-refractivity contribution in [2.45, 2.75) is 39.3 Å². The number of para-hydroxylation sites is 1. The smallest absolute Gasteiger partial charge is 0.338 e. The molecule has 0 spiro atoms. The van der Waals surface area contributed by atoms with E-state index in [1.807, 2.05) is 56.3 Å². The van der Waals surface area contributed by atoms with Gasteiger partial charge in [-0.2, -0.15) is 5.10 Å². The van der Waals surface area contributed by atoms with Crippen LogP contribution in [0.2, 0.25) is 0 Å². The molecule has 2 aromatic carbocycles. The number of ether oxygens (including phenoxy) is 1. The molecular weight excluding hydrogens is 366 g/mol. The number of amides is 1. The van der Waals surface area contributed by atoms with Gasteiger partial charge in [0.25, 0.3) is 5.91 Å². The first-order chi connectivity index (χ1) is 14.0. The van der Waals surface area contributed by atoms with Gasteiger partial charge in [-0.05, 0) is 69.2 Å². The van der Waals surface area contributed by atoms with Crippen molar-refractivity contribution in [2.75, 3.05) is 4.90 Å². The van der Waals surface area contributed by atoms with Crippen LogP contribution in [-0.2, 0) is 16.0 Å². The lowest BCUT2D eigenvalue weighted by atomic mass is 10.1. The summed E-state index contributed by atoms with van der Waals surface area (Å²) in [5, 5.41) is 4.25. The van der Waals surface area contributed by atoms with E-state index in [9.17, 15) is 9.59 Å². The lowest BCUT2D eigenvalue weighted by Gasteiger charge is -2.26. The van der Waals surface area contributed by atoms with Crippen LogP contribution in [0.25, 0.3) is 5.69 Å². The first kappa shape index (κ1) is 18.9. The molecule has 1 aliphatic heterocycles.